The van der Waals surface area contributed by atoms with Crippen LogP contribution in [-0.4, -0.2) is 39.0 Å². The van der Waals surface area contributed by atoms with Crippen molar-refractivity contribution in [2.45, 2.75) is 31.7 Å². The van der Waals surface area contributed by atoms with Crippen LogP contribution in [0.15, 0.2) is 0 Å². The van der Waals surface area contributed by atoms with E-state index in [0.717, 1.165) is 19.0 Å². The molecule has 4 heteroatoms. The van der Waals surface area contributed by atoms with Crippen LogP contribution >= 0.6 is 0 Å². The summed E-state index contributed by atoms with van der Waals surface area (Å²) in [5, 5.41) is 0. The highest BCUT2D eigenvalue weighted by Gasteiger charge is 2.21. The SMILES string of the molecule is CN(CCCS(=O)O)C1CCC1. The zero-order valence-corrected chi connectivity index (χ0v) is 8.35. The molecule has 0 bridgehead atoms. The van der Waals surface area contributed by atoms with Crippen molar-refractivity contribution < 1.29 is 8.76 Å². The summed E-state index contributed by atoms with van der Waals surface area (Å²) < 4.78 is 18.9. The van der Waals surface area contributed by atoms with Crippen LogP contribution in [-0.2, 0) is 11.1 Å². The van der Waals surface area contributed by atoms with E-state index < -0.39 is 11.1 Å². The molecule has 0 amide bonds. The van der Waals surface area contributed by atoms with Crippen molar-refractivity contribution in [2.75, 3.05) is 19.3 Å². The Hall–Kier alpha value is 0.0700. The average molecular weight is 191 g/mol. The van der Waals surface area contributed by atoms with Crippen molar-refractivity contribution in [2.24, 2.45) is 0 Å². The molecule has 1 aliphatic rings. The van der Waals surface area contributed by atoms with E-state index in [0.29, 0.717) is 5.75 Å². The van der Waals surface area contributed by atoms with E-state index in [9.17, 15) is 4.21 Å². The van der Waals surface area contributed by atoms with E-state index >= 15 is 0 Å². The maximum atomic E-state index is 10.3. The second-order valence-electron chi connectivity index (χ2n) is 3.44. The molecule has 1 fully saturated rings. The average Bonchev–Trinajstić information content (AvgIpc) is 1.81. The lowest BCUT2D eigenvalue weighted by atomic mass is 9.92. The first-order valence-corrected chi connectivity index (χ1v) is 5.75. The van der Waals surface area contributed by atoms with E-state index in [1.807, 2.05) is 0 Å². The van der Waals surface area contributed by atoms with E-state index in [-0.39, 0.29) is 0 Å². The first-order chi connectivity index (χ1) is 5.70. The maximum absolute atomic E-state index is 10.3. The van der Waals surface area contributed by atoms with Crippen LogP contribution in [0.3, 0.4) is 0 Å². The van der Waals surface area contributed by atoms with Gasteiger partial charge in [-0.15, -0.1) is 0 Å². The molecular weight excluding hydrogens is 174 g/mol. The predicted molar refractivity (Wildman–Crippen MR) is 50.5 cm³/mol. The Morgan fingerprint density at radius 2 is 2.25 bits per heavy atom. The Morgan fingerprint density at radius 3 is 2.67 bits per heavy atom. The summed E-state index contributed by atoms with van der Waals surface area (Å²) in [4.78, 5) is 2.30. The van der Waals surface area contributed by atoms with E-state index in [4.69, 9.17) is 4.55 Å². The third-order valence-corrected chi connectivity index (χ3v) is 3.17. The molecule has 1 N–H and O–H groups in total. The highest BCUT2D eigenvalue weighted by atomic mass is 32.2. The number of rotatable bonds is 5. The van der Waals surface area contributed by atoms with Gasteiger partial charge in [0.15, 0.2) is 11.1 Å². The zero-order valence-electron chi connectivity index (χ0n) is 7.53. The van der Waals surface area contributed by atoms with Crippen molar-refractivity contribution in [3.05, 3.63) is 0 Å². The molecule has 12 heavy (non-hydrogen) atoms. The number of nitrogens with zero attached hydrogens (tertiary/aromatic N) is 1. The van der Waals surface area contributed by atoms with Gasteiger partial charge < -0.3 is 9.45 Å². The maximum Gasteiger partial charge on any atom is 0.152 e. The molecule has 0 aromatic rings. The van der Waals surface area contributed by atoms with Gasteiger partial charge in [-0.2, -0.15) is 0 Å². The van der Waals surface area contributed by atoms with E-state index in [1.165, 1.54) is 19.3 Å². The lowest BCUT2D eigenvalue weighted by molar-refractivity contribution is 0.160. The van der Waals surface area contributed by atoms with Crippen LogP contribution in [0.1, 0.15) is 25.7 Å². The first kappa shape index (κ1) is 10.2. The summed E-state index contributed by atoms with van der Waals surface area (Å²) in [6.07, 6.45) is 4.79. The second kappa shape index (κ2) is 4.94. The third kappa shape index (κ3) is 3.21. The van der Waals surface area contributed by atoms with Gasteiger partial charge in [0, 0.05) is 6.04 Å². The molecule has 1 saturated carbocycles. The molecule has 1 aliphatic carbocycles. The highest BCUT2D eigenvalue weighted by molar-refractivity contribution is 7.79. The quantitative estimate of drug-likeness (QED) is 0.661. The molecule has 0 aromatic heterocycles. The highest BCUT2D eigenvalue weighted by Crippen LogP contribution is 2.23. The molecule has 1 rings (SSSR count). The van der Waals surface area contributed by atoms with Crippen LogP contribution in [0, 0.1) is 0 Å². The minimum absolute atomic E-state index is 0.414. The largest absolute Gasteiger partial charge is 0.306 e. The van der Waals surface area contributed by atoms with Gasteiger partial charge in [-0.3, -0.25) is 0 Å². The Balaban J connectivity index is 2.01. The summed E-state index contributed by atoms with van der Waals surface area (Å²) >= 11 is -1.61. The third-order valence-electron chi connectivity index (χ3n) is 2.53. The standard InChI is InChI=1S/C8H17NO2S/c1-9(8-4-2-5-8)6-3-7-12(10)11/h8H,2-7H2,1H3,(H,10,11). The second-order valence-corrected chi connectivity index (χ2v) is 4.50. The van der Waals surface area contributed by atoms with Crippen LogP contribution in [0.5, 0.6) is 0 Å². The summed E-state index contributed by atoms with van der Waals surface area (Å²) in [6, 6.07) is 0.747. The van der Waals surface area contributed by atoms with E-state index in [2.05, 4.69) is 11.9 Å². The van der Waals surface area contributed by atoms with Crippen molar-refractivity contribution in [1.82, 2.24) is 4.90 Å². The van der Waals surface area contributed by atoms with Crippen LogP contribution in [0.2, 0.25) is 0 Å². The van der Waals surface area contributed by atoms with Gasteiger partial charge in [0.05, 0.1) is 5.75 Å². The van der Waals surface area contributed by atoms with Crippen molar-refractivity contribution >= 4 is 11.1 Å². The first-order valence-electron chi connectivity index (χ1n) is 4.48. The topological polar surface area (TPSA) is 40.5 Å². The molecular formula is C8H17NO2S. The Morgan fingerprint density at radius 1 is 1.58 bits per heavy atom. The molecule has 0 heterocycles. The van der Waals surface area contributed by atoms with Gasteiger partial charge in [-0.05, 0) is 32.9 Å². The fourth-order valence-corrected chi connectivity index (χ4v) is 1.82. The lowest BCUT2D eigenvalue weighted by Crippen LogP contribution is -2.37. The van der Waals surface area contributed by atoms with Gasteiger partial charge in [0.25, 0.3) is 0 Å². The summed E-state index contributed by atoms with van der Waals surface area (Å²) in [5.74, 6) is 0.414. The molecule has 1 unspecified atom stereocenters. The normalized spacial score (nSPS) is 20.9. The van der Waals surface area contributed by atoms with Crippen molar-refractivity contribution in [3.63, 3.8) is 0 Å². The fraction of sp³-hybridized carbons (Fsp3) is 1.00. The zero-order chi connectivity index (χ0) is 8.97. The van der Waals surface area contributed by atoms with Gasteiger partial charge in [-0.1, -0.05) is 6.42 Å². The lowest BCUT2D eigenvalue weighted by Gasteiger charge is -2.34. The van der Waals surface area contributed by atoms with Gasteiger partial charge >= 0.3 is 0 Å². The Bertz CT molecular complexity index is 159. The smallest absolute Gasteiger partial charge is 0.152 e. The molecule has 0 aromatic carbocycles. The Labute approximate surface area is 76.4 Å². The van der Waals surface area contributed by atoms with E-state index in [1.54, 1.807) is 0 Å². The molecule has 1 atom stereocenters. The molecule has 0 saturated heterocycles. The monoisotopic (exact) mass is 191 g/mol. The molecule has 0 aliphatic heterocycles. The van der Waals surface area contributed by atoms with Crippen LogP contribution in [0.4, 0.5) is 0 Å². The van der Waals surface area contributed by atoms with Crippen LogP contribution in [0.25, 0.3) is 0 Å². The minimum atomic E-state index is -1.61. The summed E-state index contributed by atoms with van der Waals surface area (Å²) in [7, 11) is 2.10. The summed E-state index contributed by atoms with van der Waals surface area (Å²) in [5.41, 5.74) is 0. The predicted octanol–water partition coefficient (Wildman–Crippen LogP) is 1.08. The Kier molecular flexibility index (Phi) is 4.18. The van der Waals surface area contributed by atoms with Crippen molar-refractivity contribution in [3.8, 4) is 0 Å². The molecule has 0 radical (unpaired) electrons. The fourth-order valence-electron chi connectivity index (χ4n) is 1.45. The van der Waals surface area contributed by atoms with Gasteiger partial charge in [0.2, 0.25) is 0 Å². The minimum Gasteiger partial charge on any atom is -0.306 e. The summed E-state index contributed by atoms with van der Waals surface area (Å²) in [6.45, 7) is 0.955. The number of hydrogen-bond acceptors (Lipinski definition) is 2. The molecule has 72 valence electrons. The van der Waals surface area contributed by atoms with Crippen molar-refractivity contribution in [1.29, 1.82) is 0 Å². The number of hydrogen-bond donors (Lipinski definition) is 1. The van der Waals surface area contributed by atoms with Gasteiger partial charge in [-0.25, -0.2) is 4.21 Å². The molecule has 0 spiro atoms. The van der Waals surface area contributed by atoms with Gasteiger partial charge in [0.1, 0.15) is 0 Å². The molecule has 3 nitrogen and oxygen atoms in total. The van der Waals surface area contributed by atoms with Crippen LogP contribution < -0.4 is 0 Å².